The number of fused-ring (bicyclic) bond motifs is 1. The van der Waals surface area contributed by atoms with Crippen molar-refractivity contribution < 1.29 is 19.8 Å². The minimum atomic E-state index is -0.977. The first-order chi connectivity index (χ1) is 10.5. The molecule has 3 rings (SSSR count). The number of hydrogen-bond acceptors (Lipinski definition) is 3. The van der Waals surface area contributed by atoms with Crippen molar-refractivity contribution in [3.8, 4) is 0 Å². The van der Waals surface area contributed by atoms with E-state index in [1.165, 1.54) is 4.90 Å². The van der Waals surface area contributed by atoms with Gasteiger partial charge in [-0.05, 0) is 29.3 Å². The van der Waals surface area contributed by atoms with E-state index in [4.69, 9.17) is 5.11 Å². The number of likely N-dealkylation sites (tertiary alicyclic amines) is 1. The van der Waals surface area contributed by atoms with Gasteiger partial charge in [-0.15, -0.1) is 0 Å². The number of β-amino-alcohol motifs (C(OH)–C–C–N with tert-alkyl or cyclic N) is 1. The van der Waals surface area contributed by atoms with Crippen LogP contribution >= 0.6 is 0 Å². The second kappa shape index (κ2) is 5.77. The molecule has 0 bridgehead atoms. The molecule has 1 aliphatic rings. The maximum absolute atomic E-state index is 12.6. The second-order valence-electron chi connectivity index (χ2n) is 5.70. The van der Waals surface area contributed by atoms with Gasteiger partial charge in [0.15, 0.2) is 0 Å². The number of piperidine rings is 1. The normalized spacial score (nSPS) is 21.8. The van der Waals surface area contributed by atoms with Crippen LogP contribution in [0.3, 0.4) is 0 Å². The zero-order valence-electron chi connectivity index (χ0n) is 12.0. The van der Waals surface area contributed by atoms with Crippen molar-refractivity contribution in [2.45, 2.75) is 12.5 Å². The molecule has 0 aromatic heterocycles. The van der Waals surface area contributed by atoms with Gasteiger partial charge in [0.1, 0.15) is 0 Å². The molecule has 0 aliphatic carbocycles. The van der Waals surface area contributed by atoms with Crippen molar-refractivity contribution in [1.82, 2.24) is 4.90 Å². The number of nitrogens with zero attached hydrogens (tertiary/aromatic N) is 1. The predicted molar refractivity (Wildman–Crippen MR) is 81.6 cm³/mol. The number of carboxylic acid groups (broad SMARTS) is 1. The summed E-state index contributed by atoms with van der Waals surface area (Å²) in [6.45, 7) is 0.313. The largest absolute Gasteiger partial charge is 0.481 e. The number of aliphatic hydroxyl groups excluding tert-OH is 1. The minimum absolute atomic E-state index is 0.137. The number of amides is 1. The third kappa shape index (κ3) is 2.80. The first-order valence-corrected chi connectivity index (χ1v) is 7.23. The molecular weight excluding hydrogens is 282 g/mol. The molecule has 5 nitrogen and oxygen atoms in total. The van der Waals surface area contributed by atoms with Crippen LogP contribution < -0.4 is 0 Å². The number of aliphatic hydroxyl groups is 1. The van der Waals surface area contributed by atoms with Crippen LogP contribution in [0.1, 0.15) is 16.8 Å². The van der Waals surface area contributed by atoms with Crippen LogP contribution in [0.25, 0.3) is 10.8 Å². The van der Waals surface area contributed by atoms with E-state index < -0.39 is 18.0 Å². The SMILES string of the molecule is O=C(O)C1CC(O)CN(C(=O)c2ccc3ccccc3c2)C1. The van der Waals surface area contributed by atoms with Crippen LogP contribution in [-0.4, -0.2) is 46.2 Å². The van der Waals surface area contributed by atoms with Crippen LogP contribution in [0.5, 0.6) is 0 Å². The topological polar surface area (TPSA) is 77.8 Å². The molecular formula is C17H17NO4. The van der Waals surface area contributed by atoms with Gasteiger partial charge in [-0.3, -0.25) is 9.59 Å². The molecule has 2 N–H and O–H groups in total. The lowest BCUT2D eigenvalue weighted by molar-refractivity contribution is -0.144. The first-order valence-electron chi connectivity index (χ1n) is 7.23. The van der Waals surface area contributed by atoms with Crippen molar-refractivity contribution in [3.05, 3.63) is 48.0 Å². The van der Waals surface area contributed by atoms with Crippen LogP contribution in [0.4, 0.5) is 0 Å². The molecule has 2 aromatic carbocycles. The van der Waals surface area contributed by atoms with E-state index in [0.717, 1.165) is 10.8 Å². The van der Waals surface area contributed by atoms with Gasteiger partial charge in [0, 0.05) is 18.7 Å². The quantitative estimate of drug-likeness (QED) is 0.885. The highest BCUT2D eigenvalue weighted by atomic mass is 16.4. The maximum Gasteiger partial charge on any atom is 0.308 e. The highest BCUT2D eigenvalue weighted by molar-refractivity contribution is 5.98. The molecule has 1 fully saturated rings. The second-order valence-corrected chi connectivity index (χ2v) is 5.70. The standard InChI is InChI=1S/C17H17NO4/c19-15-8-14(17(21)22)9-18(10-15)16(20)13-6-5-11-3-1-2-4-12(11)7-13/h1-7,14-15,19H,8-10H2,(H,21,22). The summed E-state index contributed by atoms with van der Waals surface area (Å²) in [6.07, 6.45) is -0.601. The van der Waals surface area contributed by atoms with Gasteiger partial charge < -0.3 is 15.1 Å². The van der Waals surface area contributed by atoms with E-state index in [9.17, 15) is 14.7 Å². The van der Waals surface area contributed by atoms with Crippen molar-refractivity contribution >= 4 is 22.6 Å². The van der Waals surface area contributed by atoms with E-state index in [-0.39, 0.29) is 25.4 Å². The Hall–Kier alpha value is -2.40. The summed E-state index contributed by atoms with van der Waals surface area (Å²) in [5.41, 5.74) is 0.511. The molecule has 2 aromatic rings. The molecule has 1 saturated heterocycles. The lowest BCUT2D eigenvalue weighted by atomic mass is 9.95. The number of carboxylic acids is 1. The zero-order chi connectivity index (χ0) is 15.7. The summed E-state index contributed by atoms with van der Waals surface area (Å²) in [6, 6.07) is 13.1. The molecule has 114 valence electrons. The van der Waals surface area contributed by atoms with Gasteiger partial charge in [-0.25, -0.2) is 0 Å². The maximum atomic E-state index is 12.6. The first kappa shape index (κ1) is 14.5. The average molecular weight is 299 g/mol. The molecule has 1 heterocycles. The van der Waals surface area contributed by atoms with Crippen LogP contribution in [0, 0.1) is 5.92 Å². The zero-order valence-corrected chi connectivity index (χ0v) is 12.0. The molecule has 0 saturated carbocycles. The molecule has 2 unspecified atom stereocenters. The predicted octanol–water partition coefficient (Wildman–Crippen LogP) is 1.75. The molecule has 1 aliphatic heterocycles. The van der Waals surface area contributed by atoms with Gasteiger partial charge in [-0.2, -0.15) is 0 Å². The van der Waals surface area contributed by atoms with Crippen molar-refractivity contribution in [1.29, 1.82) is 0 Å². The molecule has 5 heteroatoms. The Morgan fingerprint density at radius 2 is 1.77 bits per heavy atom. The fraction of sp³-hybridized carbons (Fsp3) is 0.294. The van der Waals surface area contributed by atoms with Gasteiger partial charge in [0.25, 0.3) is 5.91 Å². The van der Waals surface area contributed by atoms with E-state index in [1.54, 1.807) is 12.1 Å². The van der Waals surface area contributed by atoms with Crippen molar-refractivity contribution in [3.63, 3.8) is 0 Å². The Kier molecular flexibility index (Phi) is 3.81. The fourth-order valence-electron chi connectivity index (χ4n) is 2.92. The lowest BCUT2D eigenvalue weighted by Crippen LogP contribution is -2.48. The van der Waals surface area contributed by atoms with Crippen LogP contribution in [0.2, 0.25) is 0 Å². The molecule has 22 heavy (non-hydrogen) atoms. The summed E-state index contributed by atoms with van der Waals surface area (Å²) < 4.78 is 0. The Morgan fingerprint density at radius 3 is 2.50 bits per heavy atom. The Balaban J connectivity index is 1.86. The molecule has 0 spiro atoms. The highest BCUT2D eigenvalue weighted by Crippen LogP contribution is 2.21. The Bertz CT molecular complexity index is 727. The molecule has 0 radical (unpaired) electrons. The summed E-state index contributed by atoms with van der Waals surface area (Å²) in [7, 11) is 0. The van der Waals surface area contributed by atoms with E-state index in [0.29, 0.717) is 5.56 Å². The molecule has 1 amide bonds. The van der Waals surface area contributed by atoms with Gasteiger partial charge in [0.05, 0.1) is 12.0 Å². The third-order valence-corrected chi connectivity index (χ3v) is 4.06. The van der Waals surface area contributed by atoms with Gasteiger partial charge in [-0.1, -0.05) is 30.3 Å². The van der Waals surface area contributed by atoms with Gasteiger partial charge >= 0.3 is 5.97 Å². The lowest BCUT2D eigenvalue weighted by Gasteiger charge is -2.33. The average Bonchev–Trinajstić information content (AvgIpc) is 2.53. The third-order valence-electron chi connectivity index (χ3n) is 4.06. The number of carbonyl (C=O) groups is 2. The monoisotopic (exact) mass is 299 g/mol. The molecule has 2 atom stereocenters. The summed E-state index contributed by atoms with van der Waals surface area (Å²) >= 11 is 0. The summed E-state index contributed by atoms with van der Waals surface area (Å²) in [5.74, 6) is -1.93. The highest BCUT2D eigenvalue weighted by Gasteiger charge is 2.33. The smallest absolute Gasteiger partial charge is 0.308 e. The number of benzene rings is 2. The van der Waals surface area contributed by atoms with Crippen LogP contribution in [0.15, 0.2) is 42.5 Å². The van der Waals surface area contributed by atoms with Gasteiger partial charge in [0.2, 0.25) is 0 Å². The Morgan fingerprint density at radius 1 is 1.05 bits per heavy atom. The number of rotatable bonds is 2. The van der Waals surface area contributed by atoms with Crippen LogP contribution in [-0.2, 0) is 4.79 Å². The summed E-state index contributed by atoms with van der Waals surface area (Å²) in [4.78, 5) is 25.1. The van der Waals surface area contributed by atoms with Crippen molar-refractivity contribution in [2.24, 2.45) is 5.92 Å². The van der Waals surface area contributed by atoms with E-state index in [2.05, 4.69) is 0 Å². The number of carbonyl (C=O) groups excluding carboxylic acids is 1. The fourth-order valence-corrected chi connectivity index (χ4v) is 2.92. The Labute approximate surface area is 127 Å². The minimum Gasteiger partial charge on any atom is -0.481 e. The van der Waals surface area contributed by atoms with E-state index in [1.807, 2.05) is 30.3 Å². The number of aliphatic carboxylic acids is 1. The summed E-state index contributed by atoms with van der Waals surface area (Å²) in [5, 5.41) is 20.9. The van der Waals surface area contributed by atoms with E-state index >= 15 is 0 Å². The van der Waals surface area contributed by atoms with Crippen molar-refractivity contribution in [2.75, 3.05) is 13.1 Å². The number of hydrogen-bond donors (Lipinski definition) is 2.